The van der Waals surface area contributed by atoms with E-state index in [-0.39, 0.29) is 5.41 Å². The van der Waals surface area contributed by atoms with E-state index < -0.39 is 0 Å². The average molecular weight is 242 g/mol. The maximum absolute atomic E-state index is 2.34. The predicted octanol–water partition coefficient (Wildman–Crippen LogP) is 3.61. The average Bonchev–Trinajstić information content (AvgIpc) is 2.29. The highest BCUT2D eigenvalue weighted by Gasteiger charge is 2.13. The van der Waals surface area contributed by atoms with Crippen LogP contribution in [0.1, 0.15) is 26.3 Å². The van der Waals surface area contributed by atoms with Crippen molar-refractivity contribution >= 4 is 19.2 Å². The van der Waals surface area contributed by atoms with E-state index in [9.17, 15) is 0 Å². The van der Waals surface area contributed by atoms with Crippen molar-refractivity contribution in [2.24, 2.45) is 0 Å². The highest BCUT2D eigenvalue weighted by molar-refractivity contribution is 7.55. The Kier molecular flexibility index (Phi) is 3.64. The van der Waals surface area contributed by atoms with Crippen LogP contribution in [-0.2, 0) is 5.41 Å². The smallest absolute Gasteiger partial charge is 0.0132 e. The highest BCUT2D eigenvalue weighted by Crippen LogP contribution is 2.22. The lowest BCUT2D eigenvalue weighted by molar-refractivity contribution is 0.591. The monoisotopic (exact) mass is 242 g/mol. The first kappa shape index (κ1) is 12.3. The van der Waals surface area contributed by atoms with E-state index in [1.807, 2.05) is 0 Å². The largest absolute Gasteiger partial charge is 0.0622 e. The molecule has 0 saturated carbocycles. The molecule has 0 aromatic heterocycles. The van der Waals surface area contributed by atoms with Crippen LogP contribution < -0.4 is 10.6 Å². The second-order valence-electron chi connectivity index (χ2n) is 5.32. The van der Waals surface area contributed by atoms with Gasteiger partial charge in [-0.05, 0) is 21.6 Å². The molecule has 0 aliphatic carbocycles. The second kappa shape index (κ2) is 5.02. The molecule has 0 spiro atoms. The molecule has 1 unspecified atom stereocenters. The van der Waals surface area contributed by atoms with Gasteiger partial charge in [0, 0.05) is 0 Å². The van der Waals surface area contributed by atoms with Gasteiger partial charge in [-0.15, -0.1) is 0 Å². The standard InChI is InChI=1S/C16H19P/c1-16(2,3)13-8-7-11-15(12-13)17-14-9-5-4-6-10-14/h4-12,17H,1-3H3. The molecule has 0 fully saturated rings. The van der Waals surface area contributed by atoms with E-state index in [2.05, 4.69) is 75.4 Å². The molecule has 1 heteroatoms. The van der Waals surface area contributed by atoms with Gasteiger partial charge in [0.05, 0.1) is 0 Å². The van der Waals surface area contributed by atoms with Gasteiger partial charge >= 0.3 is 0 Å². The van der Waals surface area contributed by atoms with E-state index in [0.717, 1.165) is 8.58 Å². The van der Waals surface area contributed by atoms with E-state index in [0.29, 0.717) is 0 Å². The van der Waals surface area contributed by atoms with Gasteiger partial charge < -0.3 is 0 Å². The Morgan fingerprint density at radius 2 is 1.41 bits per heavy atom. The molecule has 88 valence electrons. The third kappa shape index (κ3) is 3.41. The molecule has 0 amide bonds. The molecule has 2 aromatic carbocycles. The van der Waals surface area contributed by atoms with Crippen LogP contribution in [0.4, 0.5) is 0 Å². The van der Waals surface area contributed by atoms with Crippen LogP contribution in [-0.4, -0.2) is 0 Å². The van der Waals surface area contributed by atoms with Gasteiger partial charge in [0.2, 0.25) is 0 Å². The summed E-state index contributed by atoms with van der Waals surface area (Å²) in [6.07, 6.45) is 0. The van der Waals surface area contributed by atoms with E-state index in [1.165, 1.54) is 16.2 Å². The Morgan fingerprint density at radius 1 is 0.765 bits per heavy atom. The van der Waals surface area contributed by atoms with Crippen molar-refractivity contribution in [3.8, 4) is 0 Å². The van der Waals surface area contributed by atoms with E-state index in [1.54, 1.807) is 0 Å². The van der Waals surface area contributed by atoms with Crippen LogP contribution in [0.2, 0.25) is 0 Å². The normalized spacial score (nSPS) is 12.2. The van der Waals surface area contributed by atoms with Crippen LogP contribution in [0, 0.1) is 0 Å². The first-order valence-corrected chi connectivity index (χ1v) is 6.98. The van der Waals surface area contributed by atoms with Gasteiger partial charge in [-0.1, -0.05) is 83.9 Å². The number of hydrogen-bond acceptors (Lipinski definition) is 0. The lowest BCUT2D eigenvalue weighted by Gasteiger charge is -2.19. The van der Waals surface area contributed by atoms with Crippen LogP contribution in [0.3, 0.4) is 0 Å². The van der Waals surface area contributed by atoms with Gasteiger partial charge in [0.15, 0.2) is 0 Å². The summed E-state index contributed by atoms with van der Waals surface area (Å²) in [7, 11) is 0.752. The minimum atomic E-state index is 0.233. The molecular formula is C16H19P. The topological polar surface area (TPSA) is 0 Å². The van der Waals surface area contributed by atoms with Crippen molar-refractivity contribution in [2.45, 2.75) is 26.2 Å². The summed E-state index contributed by atoms with van der Waals surface area (Å²) < 4.78 is 0. The van der Waals surface area contributed by atoms with Crippen molar-refractivity contribution in [3.05, 3.63) is 60.2 Å². The van der Waals surface area contributed by atoms with Crippen molar-refractivity contribution in [1.29, 1.82) is 0 Å². The lowest BCUT2D eigenvalue weighted by Crippen LogP contribution is -2.14. The van der Waals surface area contributed by atoms with Gasteiger partial charge in [0.25, 0.3) is 0 Å². The molecular weight excluding hydrogens is 223 g/mol. The first-order chi connectivity index (χ1) is 8.05. The summed E-state index contributed by atoms with van der Waals surface area (Å²) in [5.74, 6) is 0. The Balaban J connectivity index is 2.23. The zero-order valence-corrected chi connectivity index (χ0v) is 11.7. The third-order valence-corrected chi connectivity index (χ3v) is 4.01. The molecule has 0 saturated heterocycles. The third-order valence-electron chi connectivity index (χ3n) is 2.79. The molecule has 2 rings (SSSR count). The molecule has 0 nitrogen and oxygen atoms in total. The molecule has 0 heterocycles. The van der Waals surface area contributed by atoms with E-state index in [4.69, 9.17) is 0 Å². The summed E-state index contributed by atoms with van der Waals surface area (Å²) in [6.45, 7) is 6.78. The van der Waals surface area contributed by atoms with Gasteiger partial charge in [-0.25, -0.2) is 0 Å². The minimum Gasteiger partial charge on any atom is -0.0622 e. The molecule has 0 aliphatic heterocycles. The summed E-state index contributed by atoms with van der Waals surface area (Å²) in [4.78, 5) is 0. The van der Waals surface area contributed by atoms with Gasteiger partial charge in [0.1, 0.15) is 0 Å². The van der Waals surface area contributed by atoms with Crippen molar-refractivity contribution < 1.29 is 0 Å². The molecule has 17 heavy (non-hydrogen) atoms. The summed E-state index contributed by atoms with van der Waals surface area (Å²) in [5, 5.41) is 2.82. The predicted molar refractivity (Wildman–Crippen MR) is 79.2 cm³/mol. The fraction of sp³-hybridized carbons (Fsp3) is 0.250. The molecule has 1 atom stereocenters. The lowest BCUT2D eigenvalue weighted by atomic mass is 9.87. The molecule has 0 radical (unpaired) electrons. The number of benzene rings is 2. The zero-order valence-electron chi connectivity index (χ0n) is 10.7. The Morgan fingerprint density at radius 3 is 2.06 bits per heavy atom. The number of rotatable bonds is 2. The van der Waals surface area contributed by atoms with Crippen molar-refractivity contribution in [2.75, 3.05) is 0 Å². The molecule has 0 N–H and O–H groups in total. The molecule has 0 bridgehead atoms. The van der Waals surface area contributed by atoms with Crippen molar-refractivity contribution in [1.82, 2.24) is 0 Å². The quantitative estimate of drug-likeness (QED) is 0.706. The Labute approximate surface area is 106 Å². The van der Waals surface area contributed by atoms with Gasteiger partial charge in [-0.2, -0.15) is 0 Å². The fourth-order valence-corrected chi connectivity index (χ4v) is 2.85. The maximum Gasteiger partial charge on any atom is -0.0132 e. The molecule has 0 aliphatic rings. The minimum absolute atomic E-state index is 0.233. The highest BCUT2D eigenvalue weighted by atomic mass is 31.1. The number of hydrogen-bond donors (Lipinski definition) is 0. The Bertz CT molecular complexity index is 480. The molecule has 2 aromatic rings. The second-order valence-corrected chi connectivity index (χ2v) is 6.73. The van der Waals surface area contributed by atoms with Crippen LogP contribution in [0.5, 0.6) is 0 Å². The van der Waals surface area contributed by atoms with Crippen LogP contribution >= 0.6 is 8.58 Å². The summed E-state index contributed by atoms with van der Waals surface area (Å²) >= 11 is 0. The van der Waals surface area contributed by atoms with Crippen LogP contribution in [0.15, 0.2) is 54.6 Å². The Hall–Kier alpha value is -1.13. The maximum atomic E-state index is 2.34. The zero-order chi connectivity index (χ0) is 12.3. The van der Waals surface area contributed by atoms with Crippen molar-refractivity contribution in [3.63, 3.8) is 0 Å². The summed E-state index contributed by atoms with van der Waals surface area (Å²) in [5.41, 5.74) is 1.65. The van der Waals surface area contributed by atoms with E-state index >= 15 is 0 Å². The van der Waals surface area contributed by atoms with Crippen LogP contribution in [0.25, 0.3) is 0 Å². The first-order valence-electron chi connectivity index (χ1n) is 5.98. The SMILES string of the molecule is CC(C)(C)c1cccc(Pc2ccccc2)c1. The summed E-state index contributed by atoms with van der Waals surface area (Å²) in [6, 6.07) is 19.6. The fourth-order valence-electron chi connectivity index (χ4n) is 1.75. The van der Waals surface area contributed by atoms with Gasteiger partial charge in [-0.3, -0.25) is 0 Å².